The van der Waals surface area contributed by atoms with E-state index >= 15 is 0 Å². The maximum Gasteiger partial charge on any atom is 0.263 e. The van der Waals surface area contributed by atoms with Crippen molar-refractivity contribution in [3.63, 3.8) is 0 Å². The third-order valence-corrected chi connectivity index (χ3v) is 5.37. The van der Waals surface area contributed by atoms with Gasteiger partial charge in [-0.2, -0.15) is 0 Å². The van der Waals surface area contributed by atoms with Crippen LogP contribution < -0.4 is 10.9 Å². The Morgan fingerprint density at radius 2 is 2.24 bits per heavy atom. The summed E-state index contributed by atoms with van der Waals surface area (Å²) in [6.07, 6.45) is 5.72. The van der Waals surface area contributed by atoms with Crippen LogP contribution in [0.3, 0.4) is 0 Å². The van der Waals surface area contributed by atoms with Gasteiger partial charge in [0.05, 0.1) is 18.8 Å². The lowest BCUT2D eigenvalue weighted by Gasteiger charge is -2.25. The number of hydrogen-bond donors (Lipinski definition) is 1. The zero-order chi connectivity index (χ0) is 20.6. The topological polar surface area (TPSA) is 76.5 Å². The molecule has 0 bridgehead atoms. The zero-order valence-electron chi connectivity index (χ0n) is 17.3. The lowest BCUT2D eigenvalue weighted by atomic mass is 9.99. The molecule has 0 radical (unpaired) electrons. The number of aromatic nitrogens is 2. The van der Waals surface area contributed by atoms with Gasteiger partial charge in [-0.3, -0.25) is 14.6 Å². The molecule has 1 saturated heterocycles. The molecule has 2 aromatic rings. The summed E-state index contributed by atoms with van der Waals surface area (Å²) in [5.74, 6) is 0.136. The van der Waals surface area contributed by atoms with Gasteiger partial charge in [-0.15, -0.1) is 0 Å². The molecule has 29 heavy (non-hydrogen) atoms. The highest BCUT2D eigenvalue weighted by Gasteiger charge is 2.23. The number of hydrogen-bond acceptors (Lipinski definition) is 5. The van der Waals surface area contributed by atoms with Crippen molar-refractivity contribution in [2.24, 2.45) is 5.92 Å². The van der Waals surface area contributed by atoms with Crippen LogP contribution in [0.2, 0.25) is 0 Å². The molecule has 0 aromatic carbocycles. The average molecular weight is 399 g/mol. The molecule has 1 aliphatic rings. The normalized spacial score (nSPS) is 16.6. The molecular formula is C22H30N4O3. The number of piperidine rings is 1. The molecule has 0 aliphatic carbocycles. The van der Waals surface area contributed by atoms with E-state index in [4.69, 9.17) is 4.74 Å². The Labute approximate surface area is 171 Å². The van der Waals surface area contributed by atoms with Crippen LogP contribution in [0.5, 0.6) is 0 Å². The van der Waals surface area contributed by atoms with E-state index < -0.39 is 0 Å². The van der Waals surface area contributed by atoms with Gasteiger partial charge in [0.2, 0.25) is 0 Å². The molecule has 1 fully saturated rings. The Morgan fingerprint density at radius 3 is 2.93 bits per heavy atom. The lowest BCUT2D eigenvalue weighted by molar-refractivity contribution is 0.0674. The molecule has 3 rings (SSSR count). The predicted molar refractivity (Wildman–Crippen MR) is 112 cm³/mol. The predicted octanol–water partition coefficient (Wildman–Crippen LogP) is 1.84. The summed E-state index contributed by atoms with van der Waals surface area (Å²) in [5, 5.41) is 3.38. The van der Waals surface area contributed by atoms with Gasteiger partial charge in [-0.25, -0.2) is 0 Å². The minimum atomic E-state index is -0.272. The number of aryl methyl sites for hydroxylation is 1. The third kappa shape index (κ3) is 5.52. The molecule has 1 amide bonds. The van der Waals surface area contributed by atoms with E-state index in [9.17, 15) is 9.59 Å². The molecule has 7 heteroatoms. The first-order valence-corrected chi connectivity index (χ1v) is 10.2. The van der Waals surface area contributed by atoms with Crippen molar-refractivity contribution in [3.8, 4) is 0 Å². The van der Waals surface area contributed by atoms with Gasteiger partial charge in [-0.05, 0) is 62.5 Å². The maximum atomic E-state index is 13.4. The number of methoxy groups -OCH3 is 1. The second kappa shape index (κ2) is 10.3. The Morgan fingerprint density at radius 1 is 1.38 bits per heavy atom. The van der Waals surface area contributed by atoms with Crippen LogP contribution in [0.15, 0.2) is 41.5 Å². The number of ether oxygens (including phenoxy) is 1. The number of carbonyl (C=O) groups is 1. The Hall–Kier alpha value is -2.51. The Bertz CT molecular complexity index is 860. The minimum Gasteiger partial charge on any atom is -0.383 e. The second-order valence-corrected chi connectivity index (χ2v) is 7.58. The number of amides is 1. The van der Waals surface area contributed by atoms with Crippen LogP contribution in [0.25, 0.3) is 0 Å². The quantitative estimate of drug-likeness (QED) is 0.734. The van der Waals surface area contributed by atoms with Gasteiger partial charge in [0.1, 0.15) is 5.56 Å². The maximum absolute atomic E-state index is 13.4. The molecule has 156 valence electrons. The second-order valence-electron chi connectivity index (χ2n) is 7.58. The van der Waals surface area contributed by atoms with Crippen molar-refractivity contribution >= 4 is 5.91 Å². The highest BCUT2D eigenvalue weighted by Crippen LogP contribution is 2.14. The number of carbonyl (C=O) groups excluding carboxylic acids is 1. The summed E-state index contributed by atoms with van der Waals surface area (Å²) >= 11 is 0. The van der Waals surface area contributed by atoms with E-state index in [1.54, 1.807) is 29.0 Å². The Kier molecular flexibility index (Phi) is 7.55. The molecule has 1 unspecified atom stereocenters. The van der Waals surface area contributed by atoms with Gasteiger partial charge < -0.3 is 19.5 Å². The molecule has 1 atom stereocenters. The van der Waals surface area contributed by atoms with E-state index in [1.807, 2.05) is 31.2 Å². The number of nitrogens with zero attached hydrogens (tertiary/aromatic N) is 3. The number of pyridine rings is 2. The standard InChI is InChI=1S/C22H30N4O3/c1-17-8-11-25(15-18-6-5-9-23-14-18)21(27)20(17)22(28)26(12-13-29-2)16-19-7-3-4-10-24-19/h3-4,7-8,10-11,18,23H,5-6,9,12-16H2,1-2H3. The zero-order valence-corrected chi connectivity index (χ0v) is 17.3. The Balaban J connectivity index is 1.85. The first kappa shape index (κ1) is 21.2. The van der Waals surface area contributed by atoms with Crippen LogP contribution in [0.4, 0.5) is 0 Å². The van der Waals surface area contributed by atoms with E-state index in [-0.39, 0.29) is 17.0 Å². The summed E-state index contributed by atoms with van der Waals surface area (Å²) in [6, 6.07) is 7.46. The third-order valence-electron chi connectivity index (χ3n) is 5.37. The number of rotatable bonds is 8. The SMILES string of the molecule is COCCN(Cc1ccccn1)C(=O)c1c(C)ccn(CC2CCCNC2)c1=O. The van der Waals surface area contributed by atoms with E-state index in [0.29, 0.717) is 37.7 Å². The monoisotopic (exact) mass is 398 g/mol. The molecular weight excluding hydrogens is 368 g/mol. The summed E-state index contributed by atoms with van der Waals surface area (Å²) in [5.41, 5.74) is 1.49. The fourth-order valence-electron chi connectivity index (χ4n) is 3.73. The van der Waals surface area contributed by atoms with Crippen LogP contribution >= 0.6 is 0 Å². The van der Waals surface area contributed by atoms with Gasteiger partial charge in [-0.1, -0.05) is 6.07 Å². The molecule has 3 heterocycles. The smallest absolute Gasteiger partial charge is 0.263 e. The molecule has 0 saturated carbocycles. The highest BCUT2D eigenvalue weighted by atomic mass is 16.5. The van der Waals surface area contributed by atoms with E-state index in [0.717, 1.165) is 31.6 Å². The summed E-state index contributed by atoms with van der Waals surface area (Å²) in [6.45, 7) is 5.51. The summed E-state index contributed by atoms with van der Waals surface area (Å²) < 4.78 is 6.86. The van der Waals surface area contributed by atoms with Crippen molar-refractivity contribution in [1.29, 1.82) is 0 Å². The van der Waals surface area contributed by atoms with Gasteiger partial charge in [0, 0.05) is 32.6 Å². The molecule has 7 nitrogen and oxygen atoms in total. The molecule has 1 aliphatic heterocycles. The molecule has 0 spiro atoms. The fraction of sp³-hybridized carbons (Fsp3) is 0.500. The van der Waals surface area contributed by atoms with Crippen molar-refractivity contribution in [2.45, 2.75) is 32.9 Å². The van der Waals surface area contributed by atoms with Crippen LogP contribution in [-0.2, 0) is 17.8 Å². The first-order chi connectivity index (χ1) is 14.1. The van der Waals surface area contributed by atoms with Crippen molar-refractivity contribution in [1.82, 2.24) is 19.8 Å². The molecule has 2 aromatic heterocycles. The van der Waals surface area contributed by atoms with Crippen molar-refractivity contribution in [2.75, 3.05) is 33.4 Å². The number of nitrogens with one attached hydrogen (secondary N) is 1. The van der Waals surface area contributed by atoms with Crippen LogP contribution in [0.1, 0.15) is 34.5 Å². The van der Waals surface area contributed by atoms with Crippen molar-refractivity contribution in [3.05, 3.63) is 63.8 Å². The van der Waals surface area contributed by atoms with Gasteiger partial charge in [0.25, 0.3) is 11.5 Å². The van der Waals surface area contributed by atoms with Crippen LogP contribution in [0, 0.1) is 12.8 Å². The average Bonchev–Trinajstić information content (AvgIpc) is 2.74. The van der Waals surface area contributed by atoms with Crippen LogP contribution in [-0.4, -0.2) is 53.7 Å². The van der Waals surface area contributed by atoms with Gasteiger partial charge >= 0.3 is 0 Å². The van der Waals surface area contributed by atoms with E-state index in [2.05, 4.69) is 10.3 Å². The van der Waals surface area contributed by atoms with E-state index in [1.165, 1.54) is 0 Å². The highest BCUT2D eigenvalue weighted by molar-refractivity contribution is 5.95. The first-order valence-electron chi connectivity index (χ1n) is 10.2. The largest absolute Gasteiger partial charge is 0.383 e. The summed E-state index contributed by atoms with van der Waals surface area (Å²) in [7, 11) is 1.60. The van der Waals surface area contributed by atoms with Crippen molar-refractivity contribution < 1.29 is 9.53 Å². The minimum absolute atomic E-state index is 0.219. The lowest BCUT2D eigenvalue weighted by Crippen LogP contribution is -2.40. The van der Waals surface area contributed by atoms with Gasteiger partial charge in [0.15, 0.2) is 0 Å². The fourth-order valence-corrected chi connectivity index (χ4v) is 3.73. The summed E-state index contributed by atoms with van der Waals surface area (Å²) in [4.78, 5) is 32.5. The molecule has 1 N–H and O–H groups in total.